The normalized spacial score (nSPS) is 12.2. The number of aromatic nitrogens is 1. The summed E-state index contributed by atoms with van der Waals surface area (Å²) in [5, 5.41) is 12.0. The second-order valence-corrected chi connectivity index (χ2v) is 5.31. The van der Waals surface area contributed by atoms with Crippen LogP contribution in [0.4, 0.5) is 0 Å². The molecule has 0 aliphatic rings. The van der Waals surface area contributed by atoms with Crippen LogP contribution >= 0.6 is 11.6 Å². The molecule has 1 aromatic rings. The average Bonchev–Trinajstić information content (AvgIpc) is 2.37. The first kappa shape index (κ1) is 16.4. The van der Waals surface area contributed by atoms with Gasteiger partial charge in [0.2, 0.25) is 0 Å². The number of halogens is 1. The van der Waals surface area contributed by atoms with Crippen LogP contribution in [0.1, 0.15) is 36.8 Å². The van der Waals surface area contributed by atoms with E-state index in [0.29, 0.717) is 12.0 Å². The van der Waals surface area contributed by atoms with Crippen molar-refractivity contribution in [2.24, 2.45) is 11.8 Å². The number of carboxylic acids is 1. The number of pyridine rings is 1. The zero-order chi connectivity index (χ0) is 15.3. The van der Waals surface area contributed by atoms with Crippen molar-refractivity contribution in [1.82, 2.24) is 10.3 Å². The molecule has 0 aliphatic heterocycles. The third-order valence-electron chi connectivity index (χ3n) is 3.08. The lowest BCUT2D eigenvalue weighted by molar-refractivity contribution is -0.142. The lowest BCUT2D eigenvalue weighted by Crippen LogP contribution is -2.35. The summed E-state index contributed by atoms with van der Waals surface area (Å²) in [5.74, 6) is -1.92. The van der Waals surface area contributed by atoms with Crippen molar-refractivity contribution in [3.05, 3.63) is 28.5 Å². The summed E-state index contributed by atoms with van der Waals surface area (Å²) < 4.78 is 0. The number of rotatable bonds is 6. The zero-order valence-electron chi connectivity index (χ0n) is 11.8. The number of hydrogen-bond donors (Lipinski definition) is 2. The van der Waals surface area contributed by atoms with E-state index in [9.17, 15) is 9.59 Å². The van der Waals surface area contributed by atoms with Crippen LogP contribution in [0.5, 0.6) is 0 Å². The van der Waals surface area contributed by atoms with Crippen molar-refractivity contribution in [2.45, 2.75) is 27.2 Å². The SMILES string of the molecule is CCc1cc(C(=O)NCC(C(=O)O)C(C)C)cc(Cl)n1. The Hall–Kier alpha value is -1.62. The Morgan fingerprint density at radius 3 is 2.55 bits per heavy atom. The van der Waals surface area contributed by atoms with E-state index >= 15 is 0 Å². The van der Waals surface area contributed by atoms with Crippen molar-refractivity contribution >= 4 is 23.5 Å². The van der Waals surface area contributed by atoms with E-state index in [4.69, 9.17) is 16.7 Å². The summed E-state index contributed by atoms with van der Waals surface area (Å²) in [4.78, 5) is 27.2. The van der Waals surface area contributed by atoms with Gasteiger partial charge in [-0.2, -0.15) is 0 Å². The highest BCUT2D eigenvalue weighted by Crippen LogP contribution is 2.13. The topological polar surface area (TPSA) is 79.3 Å². The Morgan fingerprint density at radius 1 is 1.40 bits per heavy atom. The van der Waals surface area contributed by atoms with Crippen LogP contribution < -0.4 is 5.32 Å². The van der Waals surface area contributed by atoms with Gasteiger partial charge in [0, 0.05) is 17.8 Å². The number of amides is 1. The number of carbonyl (C=O) groups is 2. The van der Waals surface area contributed by atoms with Gasteiger partial charge in [-0.05, 0) is 24.5 Å². The van der Waals surface area contributed by atoms with E-state index in [1.54, 1.807) is 6.07 Å². The molecule has 1 unspecified atom stereocenters. The van der Waals surface area contributed by atoms with Crippen LogP contribution in [0.2, 0.25) is 5.15 Å². The maximum Gasteiger partial charge on any atom is 0.308 e. The van der Waals surface area contributed by atoms with Gasteiger partial charge in [0.25, 0.3) is 5.91 Å². The number of hydrogen-bond acceptors (Lipinski definition) is 3. The number of carbonyl (C=O) groups excluding carboxylic acids is 1. The second kappa shape index (κ2) is 7.24. The minimum Gasteiger partial charge on any atom is -0.481 e. The molecule has 6 heteroatoms. The van der Waals surface area contributed by atoms with Crippen molar-refractivity contribution < 1.29 is 14.7 Å². The van der Waals surface area contributed by atoms with Gasteiger partial charge in [0.05, 0.1) is 5.92 Å². The van der Waals surface area contributed by atoms with Gasteiger partial charge in [-0.3, -0.25) is 9.59 Å². The van der Waals surface area contributed by atoms with E-state index in [1.165, 1.54) is 6.07 Å². The van der Waals surface area contributed by atoms with E-state index in [2.05, 4.69) is 10.3 Å². The number of aryl methyl sites for hydroxylation is 1. The lowest BCUT2D eigenvalue weighted by Gasteiger charge is -2.16. The minimum absolute atomic E-state index is 0.0555. The highest BCUT2D eigenvalue weighted by atomic mass is 35.5. The molecule has 0 fully saturated rings. The van der Waals surface area contributed by atoms with E-state index in [0.717, 1.165) is 5.69 Å². The third-order valence-corrected chi connectivity index (χ3v) is 3.27. The van der Waals surface area contributed by atoms with Gasteiger partial charge >= 0.3 is 5.97 Å². The van der Waals surface area contributed by atoms with E-state index < -0.39 is 11.9 Å². The molecule has 0 saturated carbocycles. The molecule has 0 bridgehead atoms. The quantitative estimate of drug-likeness (QED) is 0.790. The Labute approximate surface area is 123 Å². The number of carboxylic acid groups (broad SMARTS) is 1. The molecule has 1 aromatic heterocycles. The van der Waals surface area contributed by atoms with Crippen molar-refractivity contribution in [3.63, 3.8) is 0 Å². The standard InChI is InChI=1S/C14H19ClN2O3/c1-4-10-5-9(6-12(15)17-10)13(18)16-7-11(8(2)3)14(19)20/h5-6,8,11H,4,7H2,1-3H3,(H,16,18)(H,19,20). The summed E-state index contributed by atoms with van der Waals surface area (Å²) in [6.07, 6.45) is 0.671. The highest BCUT2D eigenvalue weighted by Gasteiger charge is 2.22. The van der Waals surface area contributed by atoms with Gasteiger partial charge in [-0.25, -0.2) is 4.98 Å². The summed E-state index contributed by atoms with van der Waals surface area (Å²) in [7, 11) is 0. The van der Waals surface area contributed by atoms with Crippen LogP contribution in [0, 0.1) is 11.8 Å². The Morgan fingerprint density at radius 2 is 2.05 bits per heavy atom. The fraction of sp³-hybridized carbons (Fsp3) is 0.500. The maximum atomic E-state index is 12.0. The number of aliphatic carboxylic acids is 1. The molecule has 1 atom stereocenters. The van der Waals surface area contributed by atoms with E-state index in [1.807, 2.05) is 20.8 Å². The Bertz CT molecular complexity index is 503. The highest BCUT2D eigenvalue weighted by molar-refractivity contribution is 6.29. The first-order valence-corrected chi connectivity index (χ1v) is 6.90. The minimum atomic E-state index is -0.915. The van der Waals surface area contributed by atoms with Crippen molar-refractivity contribution in [3.8, 4) is 0 Å². The van der Waals surface area contributed by atoms with E-state index in [-0.39, 0.29) is 23.5 Å². The fourth-order valence-electron chi connectivity index (χ4n) is 1.78. The molecular formula is C14H19ClN2O3. The summed E-state index contributed by atoms with van der Waals surface area (Å²) in [6, 6.07) is 3.13. The Balaban J connectivity index is 2.76. The molecule has 110 valence electrons. The summed E-state index contributed by atoms with van der Waals surface area (Å²) >= 11 is 5.85. The van der Waals surface area contributed by atoms with Gasteiger partial charge in [0.15, 0.2) is 0 Å². The lowest BCUT2D eigenvalue weighted by atomic mass is 9.96. The molecule has 0 saturated heterocycles. The molecule has 20 heavy (non-hydrogen) atoms. The largest absolute Gasteiger partial charge is 0.481 e. The maximum absolute atomic E-state index is 12.0. The summed E-state index contributed by atoms with van der Waals surface area (Å²) in [6.45, 7) is 5.62. The molecule has 0 aliphatic carbocycles. The number of nitrogens with zero attached hydrogens (tertiary/aromatic N) is 1. The van der Waals surface area contributed by atoms with Gasteiger partial charge in [-0.15, -0.1) is 0 Å². The first-order chi connectivity index (χ1) is 9.35. The van der Waals surface area contributed by atoms with Crippen LogP contribution in [0.25, 0.3) is 0 Å². The molecule has 5 nitrogen and oxygen atoms in total. The molecule has 1 amide bonds. The zero-order valence-corrected chi connectivity index (χ0v) is 12.6. The number of nitrogens with one attached hydrogen (secondary N) is 1. The van der Waals surface area contributed by atoms with Crippen LogP contribution in [0.3, 0.4) is 0 Å². The molecule has 1 heterocycles. The fourth-order valence-corrected chi connectivity index (χ4v) is 2.00. The predicted octanol–water partition coefficient (Wildman–Crippen LogP) is 2.38. The monoisotopic (exact) mass is 298 g/mol. The van der Waals surface area contributed by atoms with Crippen LogP contribution in [-0.4, -0.2) is 28.5 Å². The van der Waals surface area contributed by atoms with Crippen molar-refractivity contribution in [2.75, 3.05) is 6.54 Å². The van der Waals surface area contributed by atoms with Gasteiger partial charge in [0.1, 0.15) is 5.15 Å². The Kier molecular flexibility index (Phi) is 5.95. The smallest absolute Gasteiger partial charge is 0.308 e. The second-order valence-electron chi connectivity index (χ2n) is 4.92. The molecule has 1 rings (SSSR count). The predicted molar refractivity (Wildman–Crippen MR) is 76.9 cm³/mol. The molecule has 0 radical (unpaired) electrons. The van der Waals surface area contributed by atoms with Gasteiger partial charge in [-0.1, -0.05) is 32.4 Å². The van der Waals surface area contributed by atoms with Crippen molar-refractivity contribution in [1.29, 1.82) is 0 Å². The summed E-state index contributed by atoms with van der Waals surface area (Å²) in [5.41, 5.74) is 1.12. The third kappa shape index (κ3) is 4.49. The first-order valence-electron chi connectivity index (χ1n) is 6.52. The molecular weight excluding hydrogens is 280 g/mol. The average molecular weight is 299 g/mol. The van der Waals surface area contributed by atoms with Crippen LogP contribution in [0.15, 0.2) is 12.1 Å². The molecule has 0 aromatic carbocycles. The van der Waals surface area contributed by atoms with Gasteiger partial charge < -0.3 is 10.4 Å². The molecule has 2 N–H and O–H groups in total. The molecule has 0 spiro atoms. The van der Waals surface area contributed by atoms with Crippen LogP contribution in [-0.2, 0) is 11.2 Å².